The van der Waals surface area contributed by atoms with Crippen LogP contribution in [0.2, 0.25) is 5.02 Å². The van der Waals surface area contributed by atoms with Crippen molar-refractivity contribution in [2.75, 3.05) is 7.11 Å². The summed E-state index contributed by atoms with van der Waals surface area (Å²) < 4.78 is 57.3. The molecule has 0 unspecified atom stereocenters. The van der Waals surface area contributed by atoms with Crippen molar-refractivity contribution < 1.29 is 21.6 Å². The Morgan fingerprint density at radius 2 is 1.69 bits per heavy atom. The van der Waals surface area contributed by atoms with Crippen LogP contribution in [0.5, 0.6) is 5.75 Å². The summed E-state index contributed by atoms with van der Waals surface area (Å²) in [5.41, 5.74) is 0.488. The molecule has 1 heterocycles. The van der Waals surface area contributed by atoms with Crippen molar-refractivity contribution in [1.82, 2.24) is 9.97 Å². The third-order valence-corrected chi connectivity index (χ3v) is 8.45. The van der Waals surface area contributed by atoms with Gasteiger partial charge in [-0.15, -0.1) is 0 Å². The second-order valence-electron chi connectivity index (χ2n) is 6.50. The van der Waals surface area contributed by atoms with E-state index in [1.807, 2.05) is 0 Å². The summed E-state index contributed by atoms with van der Waals surface area (Å²) in [6, 6.07) is 12.2. The van der Waals surface area contributed by atoms with Gasteiger partial charge in [0.15, 0.2) is 19.9 Å². The molecule has 0 spiro atoms. The van der Waals surface area contributed by atoms with Crippen LogP contribution in [0.4, 0.5) is 0 Å². The van der Waals surface area contributed by atoms with Gasteiger partial charge in [0.2, 0.25) is 9.84 Å². The fraction of sp³-hybridized carbons (Fsp3) is 0.211. The van der Waals surface area contributed by atoms with Crippen molar-refractivity contribution in [3.05, 3.63) is 53.6 Å². The van der Waals surface area contributed by atoms with Crippen molar-refractivity contribution in [3.63, 3.8) is 0 Å². The van der Waals surface area contributed by atoms with Gasteiger partial charge >= 0.3 is 0 Å². The number of sulfone groups is 2. The number of ether oxygens (including phenoxy) is 1. The van der Waals surface area contributed by atoms with Gasteiger partial charge in [0.1, 0.15) is 11.6 Å². The van der Waals surface area contributed by atoms with Gasteiger partial charge in [-0.25, -0.2) is 21.8 Å². The molecule has 3 rings (SSSR count). The number of nitrogens with zero attached hydrogens (tertiary/aromatic N) is 1. The Kier molecular flexibility index (Phi) is 5.75. The first-order chi connectivity index (χ1) is 13.6. The van der Waals surface area contributed by atoms with E-state index in [-0.39, 0.29) is 10.7 Å². The molecular weight excluding hydrogens is 436 g/mol. The quantitative estimate of drug-likeness (QED) is 0.607. The maximum Gasteiger partial charge on any atom is 0.226 e. The van der Waals surface area contributed by atoms with Crippen LogP contribution in [0.1, 0.15) is 13.8 Å². The maximum atomic E-state index is 13.2. The molecule has 0 bridgehead atoms. The highest BCUT2D eigenvalue weighted by molar-refractivity contribution is 7.94. The van der Waals surface area contributed by atoms with Crippen molar-refractivity contribution in [1.29, 1.82) is 0 Å². The predicted octanol–water partition coefficient (Wildman–Crippen LogP) is 3.75. The van der Waals surface area contributed by atoms with Gasteiger partial charge in [-0.3, -0.25) is 0 Å². The average molecular weight is 455 g/mol. The molecule has 0 aliphatic rings. The van der Waals surface area contributed by atoms with Crippen molar-refractivity contribution in [2.45, 2.75) is 34.0 Å². The number of methoxy groups -OCH3 is 1. The zero-order valence-electron chi connectivity index (χ0n) is 15.9. The number of H-pyrrole nitrogens is 1. The minimum atomic E-state index is -4.22. The maximum absolute atomic E-state index is 13.2. The van der Waals surface area contributed by atoms with Crippen LogP contribution in [-0.4, -0.2) is 39.2 Å². The Hall–Kier alpha value is -2.36. The third kappa shape index (κ3) is 4.03. The first-order valence-electron chi connectivity index (χ1n) is 8.56. The van der Waals surface area contributed by atoms with Gasteiger partial charge in [-0.05, 0) is 50.2 Å². The topological polar surface area (TPSA) is 106 Å². The summed E-state index contributed by atoms with van der Waals surface area (Å²) >= 11 is 5.84. The molecule has 29 heavy (non-hydrogen) atoms. The van der Waals surface area contributed by atoms with E-state index in [0.29, 0.717) is 16.3 Å². The summed E-state index contributed by atoms with van der Waals surface area (Å²) in [5, 5.41) is -1.48. The Balaban J connectivity index is 2.27. The van der Waals surface area contributed by atoms with Crippen LogP contribution < -0.4 is 4.74 Å². The predicted molar refractivity (Wildman–Crippen MR) is 110 cm³/mol. The number of imidazole rings is 1. The zero-order chi connectivity index (χ0) is 21.4. The molecule has 0 atom stereocenters. The van der Waals surface area contributed by atoms with Gasteiger partial charge in [-0.2, -0.15) is 0 Å². The first kappa shape index (κ1) is 21.4. The van der Waals surface area contributed by atoms with Crippen molar-refractivity contribution in [3.8, 4) is 17.1 Å². The Bertz CT molecular complexity index is 1250. The third-order valence-electron chi connectivity index (χ3n) is 4.27. The van der Waals surface area contributed by atoms with E-state index in [0.717, 1.165) is 0 Å². The summed E-state index contributed by atoms with van der Waals surface area (Å²) in [5.74, 6) is 0.630. The Morgan fingerprint density at radius 1 is 1.03 bits per heavy atom. The molecule has 0 aliphatic carbocycles. The van der Waals surface area contributed by atoms with Crippen LogP contribution in [-0.2, 0) is 19.7 Å². The lowest BCUT2D eigenvalue weighted by Crippen LogP contribution is -2.18. The summed E-state index contributed by atoms with van der Waals surface area (Å²) in [6.45, 7) is 2.94. The van der Waals surface area contributed by atoms with Crippen LogP contribution in [0.25, 0.3) is 11.4 Å². The van der Waals surface area contributed by atoms with Gasteiger partial charge in [0.25, 0.3) is 0 Å². The number of aromatic nitrogens is 2. The van der Waals surface area contributed by atoms with Gasteiger partial charge < -0.3 is 9.72 Å². The van der Waals surface area contributed by atoms with Crippen LogP contribution >= 0.6 is 11.6 Å². The lowest BCUT2D eigenvalue weighted by molar-refractivity contribution is 0.415. The molecule has 0 aliphatic heterocycles. The Morgan fingerprint density at radius 3 is 2.28 bits per heavy atom. The smallest absolute Gasteiger partial charge is 0.226 e. The fourth-order valence-electron chi connectivity index (χ4n) is 2.58. The molecule has 0 fully saturated rings. The summed E-state index contributed by atoms with van der Waals surface area (Å²) in [6.07, 6.45) is 0. The second kappa shape index (κ2) is 7.81. The molecule has 0 saturated heterocycles. The largest absolute Gasteiger partial charge is 0.497 e. The number of hydrogen-bond acceptors (Lipinski definition) is 6. The number of rotatable bonds is 6. The number of halogens is 1. The van der Waals surface area contributed by atoms with Gasteiger partial charge in [-0.1, -0.05) is 23.7 Å². The fourth-order valence-corrected chi connectivity index (χ4v) is 5.61. The van der Waals surface area contributed by atoms with E-state index in [2.05, 4.69) is 9.97 Å². The minimum Gasteiger partial charge on any atom is -0.497 e. The van der Waals surface area contributed by atoms with Crippen molar-refractivity contribution >= 4 is 31.3 Å². The van der Waals surface area contributed by atoms with Gasteiger partial charge in [0.05, 0.1) is 17.3 Å². The average Bonchev–Trinajstić information content (AvgIpc) is 3.15. The minimum absolute atomic E-state index is 0.106. The monoisotopic (exact) mass is 454 g/mol. The highest BCUT2D eigenvalue weighted by Gasteiger charge is 2.34. The number of aromatic amines is 1. The Labute approximate surface area is 174 Å². The summed E-state index contributed by atoms with van der Waals surface area (Å²) in [4.78, 5) is 6.76. The standard InChI is InChI=1S/C19H19ClN2O5S2/c1-12(2)28(23,24)18-19(29(25,26)16-9-7-14(20)8-10-16)22-17(21-18)13-5-4-6-15(11-13)27-3/h4-12H,1-3H3,(H,21,22). The molecule has 1 aromatic heterocycles. The summed E-state index contributed by atoms with van der Waals surface area (Å²) in [7, 11) is -6.69. The van der Waals surface area contributed by atoms with E-state index >= 15 is 0 Å². The normalized spacial score (nSPS) is 12.3. The van der Waals surface area contributed by atoms with E-state index in [4.69, 9.17) is 16.3 Å². The molecule has 0 radical (unpaired) electrons. The van der Waals surface area contributed by atoms with E-state index < -0.39 is 35.0 Å². The zero-order valence-corrected chi connectivity index (χ0v) is 18.3. The van der Waals surface area contributed by atoms with E-state index in [1.165, 1.54) is 45.2 Å². The highest BCUT2D eigenvalue weighted by Crippen LogP contribution is 2.32. The van der Waals surface area contributed by atoms with E-state index in [1.54, 1.807) is 24.3 Å². The number of nitrogens with one attached hydrogen (secondary N) is 1. The molecular formula is C19H19ClN2O5S2. The van der Waals surface area contributed by atoms with Crippen molar-refractivity contribution in [2.24, 2.45) is 0 Å². The molecule has 7 nitrogen and oxygen atoms in total. The van der Waals surface area contributed by atoms with Crippen LogP contribution in [0.3, 0.4) is 0 Å². The molecule has 2 aromatic carbocycles. The van der Waals surface area contributed by atoms with E-state index in [9.17, 15) is 16.8 Å². The number of benzene rings is 2. The molecule has 0 saturated carbocycles. The molecule has 3 aromatic rings. The lowest BCUT2D eigenvalue weighted by atomic mass is 10.2. The number of hydrogen-bond donors (Lipinski definition) is 1. The lowest BCUT2D eigenvalue weighted by Gasteiger charge is -2.08. The highest BCUT2D eigenvalue weighted by atomic mass is 35.5. The molecule has 154 valence electrons. The first-order valence-corrected chi connectivity index (χ1v) is 12.0. The van der Waals surface area contributed by atoms with Crippen LogP contribution in [0.15, 0.2) is 63.5 Å². The molecule has 1 N–H and O–H groups in total. The SMILES string of the molecule is COc1cccc(-c2nc(S(=O)(=O)c3ccc(Cl)cc3)c(S(=O)(=O)C(C)C)[nH]2)c1. The van der Waals surface area contributed by atoms with Crippen LogP contribution in [0, 0.1) is 0 Å². The second-order valence-corrected chi connectivity index (χ2v) is 11.2. The molecule has 0 amide bonds. The molecule has 10 heteroatoms. The van der Waals surface area contributed by atoms with Gasteiger partial charge in [0, 0.05) is 10.6 Å².